The molecular formula is C18H19Cl2FN2O3S2. The van der Waals surface area contributed by atoms with Crippen LogP contribution in [0.25, 0.3) is 0 Å². The maximum absolute atomic E-state index is 13.3. The smallest absolute Gasteiger partial charge is 0.240 e. The van der Waals surface area contributed by atoms with Gasteiger partial charge in [0.15, 0.2) is 0 Å². The predicted molar refractivity (Wildman–Crippen MR) is 114 cm³/mol. The number of carbonyl (C=O) groups is 1. The molecule has 0 saturated carbocycles. The average Bonchev–Trinajstić information content (AvgIpc) is 2.62. The molecular weight excluding hydrogens is 446 g/mol. The number of carbonyl (C=O) groups excluding carboxylic acids is 1. The molecule has 0 spiro atoms. The van der Waals surface area contributed by atoms with E-state index in [-0.39, 0.29) is 10.7 Å². The zero-order valence-corrected chi connectivity index (χ0v) is 18.1. The van der Waals surface area contributed by atoms with Crippen LogP contribution in [0.2, 0.25) is 10.0 Å². The second-order valence-corrected chi connectivity index (χ2v) is 9.75. The summed E-state index contributed by atoms with van der Waals surface area (Å²) in [7, 11) is -3.74. The lowest BCUT2D eigenvalue weighted by atomic mass is 10.2. The number of hydrogen-bond acceptors (Lipinski definition) is 4. The maximum Gasteiger partial charge on any atom is 0.240 e. The van der Waals surface area contributed by atoms with Gasteiger partial charge in [-0.1, -0.05) is 35.3 Å². The Morgan fingerprint density at radius 2 is 1.86 bits per heavy atom. The minimum absolute atomic E-state index is 0.126. The van der Waals surface area contributed by atoms with E-state index in [0.717, 1.165) is 27.9 Å². The molecule has 1 N–H and O–H groups in total. The molecule has 0 aliphatic heterocycles. The van der Waals surface area contributed by atoms with Gasteiger partial charge < -0.3 is 5.32 Å². The quantitative estimate of drug-likeness (QED) is 0.570. The van der Waals surface area contributed by atoms with Crippen molar-refractivity contribution in [3.63, 3.8) is 0 Å². The highest BCUT2D eigenvalue weighted by atomic mass is 35.5. The Morgan fingerprint density at radius 3 is 2.46 bits per heavy atom. The lowest BCUT2D eigenvalue weighted by Gasteiger charge is -2.22. The van der Waals surface area contributed by atoms with Crippen molar-refractivity contribution in [2.45, 2.75) is 5.75 Å². The molecule has 0 aliphatic rings. The Kier molecular flexibility index (Phi) is 8.42. The van der Waals surface area contributed by atoms with Crippen LogP contribution >= 0.6 is 35.0 Å². The van der Waals surface area contributed by atoms with E-state index in [1.165, 1.54) is 12.1 Å². The fourth-order valence-corrected chi connectivity index (χ4v) is 4.23. The SMILES string of the molecule is CS(=O)(=O)N(CC(=O)NCCSCc1ccc(Cl)cc1)c1ccc(F)c(Cl)c1. The first-order valence-corrected chi connectivity index (χ1v) is 11.9. The Bertz CT molecular complexity index is 925. The summed E-state index contributed by atoms with van der Waals surface area (Å²) < 4.78 is 38.2. The molecule has 0 unspecified atom stereocenters. The van der Waals surface area contributed by atoms with Crippen LogP contribution in [-0.2, 0) is 20.6 Å². The van der Waals surface area contributed by atoms with E-state index in [9.17, 15) is 17.6 Å². The van der Waals surface area contributed by atoms with Crippen molar-refractivity contribution in [1.82, 2.24) is 5.32 Å². The number of nitrogens with one attached hydrogen (secondary N) is 1. The van der Waals surface area contributed by atoms with E-state index in [1.54, 1.807) is 11.8 Å². The van der Waals surface area contributed by atoms with Crippen LogP contribution in [0.4, 0.5) is 10.1 Å². The summed E-state index contributed by atoms with van der Waals surface area (Å²) in [6.45, 7) is -0.0263. The van der Waals surface area contributed by atoms with Crippen LogP contribution in [0.1, 0.15) is 5.56 Å². The first kappa shape index (κ1) is 22.8. The third kappa shape index (κ3) is 7.16. The number of sulfonamides is 1. The van der Waals surface area contributed by atoms with Crippen molar-refractivity contribution in [3.05, 3.63) is 63.9 Å². The lowest BCUT2D eigenvalue weighted by Crippen LogP contribution is -2.41. The van der Waals surface area contributed by atoms with Crippen LogP contribution in [0.15, 0.2) is 42.5 Å². The predicted octanol–water partition coefficient (Wildman–Crippen LogP) is 3.95. The normalized spacial score (nSPS) is 11.3. The molecule has 2 rings (SSSR count). The number of hydrogen-bond donors (Lipinski definition) is 1. The average molecular weight is 465 g/mol. The van der Waals surface area contributed by atoms with Crippen molar-refractivity contribution in [3.8, 4) is 0 Å². The third-order valence-corrected chi connectivity index (χ3v) is 6.34. The van der Waals surface area contributed by atoms with Gasteiger partial charge >= 0.3 is 0 Å². The van der Waals surface area contributed by atoms with Crippen molar-refractivity contribution in [2.75, 3.05) is 29.4 Å². The molecule has 28 heavy (non-hydrogen) atoms. The number of thioether (sulfide) groups is 1. The van der Waals surface area contributed by atoms with E-state index < -0.39 is 28.3 Å². The Labute approximate surface area is 178 Å². The van der Waals surface area contributed by atoms with Crippen molar-refractivity contribution in [1.29, 1.82) is 0 Å². The molecule has 0 bridgehead atoms. The Balaban J connectivity index is 1.84. The molecule has 0 aromatic heterocycles. The maximum atomic E-state index is 13.3. The van der Waals surface area contributed by atoms with Crippen molar-refractivity contribution in [2.24, 2.45) is 0 Å². The molecule has 1 amide bonds. The molecule has 0 radical (unpaired) electrons. The number of halogens is 3. The fraction of sp³-hybridized carbons (Fsp3) is 0.278. The van der Waals surface area contributed by atoms with Crippen LogP contribution < -0.4 is 9.62 Å². The number of anilines is 1. The molecule has 0 heterocycles. The molecule has 2 aromatic rings. The topological polar surface area (TPSA) is 66.5 Å². The summed E-state index contributed by atoms with van der Waals surface area (Å²) in [5.74, 6) is 0.311. The minimum Gasteiger partial charge on any atom is -0.354 e. The van der Waals surface area contributed by atoms with Crippen LogP contribution in [-0.4, -0.2) is 39.4 Å². The Hall–Kier alpha value is -1.48. The molecule has 10 heteroatoms. The van der Waals surface area contributed by atoms with Gasteiger partial charge in [0.1, 0.15) is 12.4 Å². The standard InChI is InChI=1S/C18H19Cl2FN2O3S2/c1-28(25,26)23(15-6-7-17(21)16(20)10-15)11-18(24)22-8-9-27-12-13-2-4-14(19)5-3-13/h2-7,10H,8-9,11-12H2,1H3,(H,22,24). The third-order valence-electron chi connectivity index (χ3n) is 3.63. The highest BCUT2D eigenvalue weighted by molar-refractivity contribution is 7.98. The first-order valence-electron chi connectivity index (χ1n) is 8.18. The van der Waals surface area contributed by atoms with Crippen molar-refractivity contribution >= 4 is 56.6 Å². The number of amides is 1. The number of rotatable bonds is 9. The van der Waals surface area contributed by atoms with E-state index >= 15 is 0 Å². The van der Waals surface area contributed by atoms with Gasteiger partial charge in [-0.3, -0.25) is 9.10 Å². The summed E-state index contributed by atoms with van der Waals surface area (Å²) in [4.78, 5) is 12.1. The first-order chi connectivity index (χ1) is 13.2. The molecule has 5 nitrogen and oxygen atoms in total. The number of benzene rings is 2. The zero-order chi connectivity index (χ0) is 20.7. The summed E-state index contributed by atoms with van der Waals surface area (Å²) in [5.41, 5.74) is 1.25. The largest absolute Gasteiger partial charge is 0.354 e. The van der Waals surface area contributed by atoms with Gasteiger partial charge in [-0.05, 0) is 35.9 Å². The van der Waals surface area contributed by atoms with Gasteiger partial charge in [-0.2, -0.15) is 11.8 Å². The highest BCUT2D eigenvalue weighted by Gasteiger charge is 2.21. The second kappa shape index (κ2) is 10.3. The molecule has 152 valence electrons. The second-order valence-electron chi connectivity index (χ2n) is 5.90. The van der Waals surface area contributed by atoms with E-state index in [2.05, 4.69) is 5.32 Å². The van der Waals surface area contributed by atoms with Gasteiger partial charge in [0.2, 0.25) is 15.9 Å². The van der Waals surface area contributed by atoms with Gasteiger partial charge in [0, 0.05) is 23.1 Å². The molecule has 0 saturated heterocycles. The molecule has 2 aromatic carbocycles. The van der Waals surface area contributed by atoms with Gasteiger partial charge in [0.05, 0.1) is 17.0 Å². The minimum atomic E-state index is -3.74. The van der Waals surface area contributed by atoms with E-state index in [0.29, 0.717) is 17.3 Å². The summed E-state index contributed by atoms with van der Waals surface area (Å²) >= 11 is 13.2. The van der Waals surface area contributed by atoms with Crippen LogP contribution in [0.5, 0.6) is 0 Å². The summed E-state index contributed by atoms with van der Waals surface area (Å²) in [6, 6.07) is 11.0. The van der Waals surface area contributed by atoms with Crippen LogP contribution in [0, 0.1) is 5.82 Å². The number of nitrogens with zero attached hydrogens (tertiary/aromatic N) is 1. The monoisotopic (exact) mass is 464 g/mol. The highest BCUT2D eigenvalue weighted by Crippen LogP contribution is 2.24. The van der Waals surface area contributed by atoms with Crippen molar-refractivity contribution < 1.29 is 17.6 Å². The molecule has 0 atom stereocenters. The van der Waals surface area contributed by atoms with Crippen LogP contribution in [0.3, 0.4) is 0 Å². The van der Waals surface area contributed by atoms with E-state index in [1.807, 2.05) is 24.3 Å². The summed E-state index contributed by atoms with van der Waals surface area (Å²) in [5, 5.41) is 3.14. The zero-order valence-electron chi connectivity index (χ0n) is 15.0. The van der Waals surface area contributed by atoms with E-state index in [4.69, 9.17) is 23.2 Å². The Morgan fingerprint density at radius 1 is 1.18 bits per heavy atom. The molecule has 0 fully saturated rings. The van der Waals surface area contributed by atoms with Gasteiger partial charge in [-0.15, -0.1) is 0 Å². The summed E-state index contributed by atoms with van der Waals surface area (Å²) in [6.07, 6.45) is 0.972. The lowest BCUT2D eigenvalue weighted by molar-refractivity contribution is -0.119. The van der Waals surface area contributed by atoms with Gasteiger partial charge in [0.25, 0.3) is 0 Å². The molecule has 0 aliphatic carbocycles. The fourth-order valence-electron chi connectivity index (χ4n) is 2.26. The van der Waals surface area contributed by atoms with Gasteiger partial charge in [-0.25, -0.2) is 12.8 Å².